The first-order chi connectivity index (χ1) is 14.8. The predicted molar refractivity (Wildman–Crippen MR) is 124 cm³/mol. The maximum Gasteiger partial charge on any atom is 0.255 e. The topological polar surface area (TPSA) is 86.9 Å². The van der Waals surface area contributed by atoms with Gasteiger partial charge in [0, 0.05) is 27.9 Å². The smallest absolute Gasteiger partial charge is 0.255 e. The lowest BCUT2D eigenvalue weighted by Crippen LogP contribution is -2.27. The summed E-state index contributed by atoms with van der Waals surface area (Å²) in [6.07, 6.45) is 0. The lowest BCUT2D eigenvalue weighted by Gasteiger charge is -2.18. The summed E-state index contributed by atoms with van der Waals surface area (Å²) in [5.74, 6) is 0.427. The average molecular weight is 412 g/mol. The second-order valence-corrected chi connectivity index (χ2v) is 8.42. The highest BCUT2D eigenvalue weighted by molar-refractivity contribution is 6.05. The van der Waals surface area contributed by atoms with Crippen molar-refractivity contribution in [2.45, 2.75) is 20.8 Å². The van der Waals surface area contributed by atoms with Crippen LogP contribution in [0.25, 0.3) is 22.4 Å². The van der Waals surface area contributed by atoms with Crippen LogP contribution in [0.5, 0.6) is 0 Å². The van der Waals surface area contributed by atoms with Gasteiger partial charge in [0.2, 0.25) is 5.91 Å². The Kier molecular flexibility index (Phi) is 5.29. The van der Waals surface area contributed by atoms with E-state index in [4.69, 9.17) is 0 Å². The van der Waals surface area contributed by atoms with Crippen LogP contribution < -0.4 is 10.6 Å². The average Bonchev–Trinajstić information content (AvgIpc) is 3.18. The highest BCUT2D eigenvalue weighted by Gasteiger charge is 2.21. The third-order valence-corrected chi connectivity index (χ3v) is 4.87. The molecule has 3 aromatic carbocycles. The van der Waals surface area contributed by atoms with Crippen LogP contribution in [0.4, 0.5) is 11.4 Å². The van der Waals surface area contributed by atoms with Crippen molar-refractivity contribution in [3.05, 3.63) is 78.4 Å². The number of imidazole rings is 1. The Bertz CT molecular complexity index is 1220. The summed E-state index contributed by atoms with van der Waals surface area (Å²) in [6.45, 7) is 5.52. The van der Waals surface area contributed by atoms with E-state index in [2.05, 4.69) is 20.6 Å². The second kappa shape index (κ2) is 8.07. The summed E-state index contributed by atoms with van der Waals surface area (Å²) in [5, 5.41) is 5.74. The summed E-state index contributed by atoms with van der Waals surface area (Å²) in [7, 11) is 0. The molecule has 0 radical (unpaired) electrons. The van der Waals surface area contributed by atoms with Crippen LogP contribution in [0.2, 0.25) is 0 Å². The van der Waals surface area contributed by atoms with E-state index >= 15 is 0 Å². The number of rotatable bonds is 4. The number of fused-ring (bicyclic) bond motifs is 1. The molecule has 0 saturated carbocycles. The van der Waals surface area contributed by atoms with Gasteiger partial charge in [-0.3, -0.25) is 9.59 Å². The van der Waals surface area contributed by atoms with E-state index < -0.39 is 5.41 Å². The summed E-state index contributed by atoms with van der Waals surface area (Å²) in [4.78, 5) is 32.8. The Balaban J connectivity index is 1.46. The number of H-pyrrole nitrogens is 1. The number of aromatic amines is 1. The Morgan fingerprint density at radius 2 is 1.58 bits per heavy atom. The van der Waals surface area contributed by atoms with Crippen molar-refractivity contribution in [1.82, 2.24) is 9.97 Å². The van der Waals surface area contributed by atoms with Crippen molar-refractivity contribution in [2.24, 2.45) is 5.41 Å². The van der Waals surface area contributed by atoms with Crippen molar-refractivity contribution in [3.63, 3.8) is 0 Å². The Labute approximate surface area is 180 Å². The summed E-state index contributed by atoms with van der Waals surface area (Å²) < 4.78 is 0. The SMILES string of the molecule is CC(C)(C)C(=O)Nc1cccc(C(=O)Nc2ccc(-c3nc4ccccc4[nH]3)cc2)c1. The van der Waals surface area contributed by atoms with Gasteiger partial charge in [0.05, 0.1) is 11.0 Å². The van der Waals surface area contributed by atoms with E-state index in [9.17, 15) is 9.59 Å². The number of nitrogens with zero attached hydrogens (tertiary/aromatic N) is 1. The quantitative estimate of drug-likeness (QED) is 0.415. The van der Waals surface area contributed by atoms with Crippen molar-refractivity contribution < 1.29 is 9.59 Å². The molecule has 4 rings (SSSR count). The fourth-order valence-corrected chi connectivity index (χ4v) is 3.06. The van der Waals surface area contributed by atoms with Crippen LogP contribution in [-0.4, -0.2) is 21.8 Å². The zero-order valence-corrected chi connectivity index (χ0v) is 17.7. The number of para-hydroxylation sites is 2. The van der Waals surface area contributed by atoms with Crippen molar-refractivity contribution in [2.75, 3.05) is 10.6 Å². The normalized spacial score (nSPS) is 11.3. The van der Waals surface area contributed by atoms with Gasteiger partial charge in [-0.05, 0) is 54.6 Å². The third-order valence-electron chi connectivity index (χ3n) is 4.87. The fraction of sp³-hybridized carbons (Fsp3) is 0.160. The Hall–Kier alpha value is -3.93. The molecule has 0 aliphatic rings. The number of amides is 2. The molecule has 0 spiro atoms. The van der Waals surface area contributed by atoms with E-state index in [-0.39, 0.29) is 11.8 Å². The minimum absolute atomic E-state index is 0.105. The lowest BCUT2D eigenvalue weighted by molar-refractivity contribution is -0.123. The number of carbonyl (C=O) groups is 2. The van der Waals surface area contributed by atoms with Gasteiger partial charge < -0.3 is 15.6 Å². The van der Waals surface area contributed by atoms with Crippen molar-refractivity contribution in [3.8, 4) is 11.4 Å². The highest BCUT2D eigenvalue weighted by Crippen LogP contribution is 2.23. The van der Waals surface area contributed by atoms with Gasteiger partial charge in [-0.25, -0.2) is 4.98 Å². The Morgan fingerprint density at radius 1 is 0.839 bits per heavy atom. The summed E-state index contributed by atoms with van der Waals surface area (Å²) >= 11 is 0. The molecule has 0 bridgehead atoms. The van der Waals surface area contributed by atoms with Gasteiger partial charge >= 0.3 is 0 Å². The molecule has 4 aromatic rings. The van der Waals surface area contributed by atoms with Crippen LogP contribution in [-0.2, 0) is 4.79 Å². The largest absolute Gasteiger partial charge is 0.338 e. The molecule has 6 heteroatoms. The molecule has 1 heterocycles. The summed E-state index contributed by atoms with van der Waals surface area (Å²) in [5.41, 5.74) is 4.04. The number of benzene rings is 3. The maximum absolute atomic E-state index is 12.7. The molecule has 0 unspecified atom stereocenters. The zero-order valence-electron chi connectivity index (χ0n) is 17.7. The molecule has 6 nitrogen and oxygen atoms in total. The predicted octanol–water partition coefficient (Wildman–Crippen LogP) is 5.47. The Morgan fingerprint density at radius 3 is 2.29 bits per heavy atom. The first-order valence-electron chi connectivity index (χ1n) is 10.1. The van der Waals surface area contributed by atoms with E-state index in [1.165, 1.54) is 0 Å². The van der Waals surface area contributed by atoms with Crippen molar-refractivity contribution >= 4 is 34.2 Å². The van der Waals surface area contributed by atoms with E-state index in [1.807, 2.05) is 69.3 Å². The number of aromatic nitrogens is 2. The van der Waals surface area contributed by atoms with E-state index in [0.717, 1.165) is 22.4 Å². The highest BCUT2D eigenvalue weighted by atomic mass is 16.2. The molecule has 2 amide bonds. The number of carbonyl (C=O) groups excluding carboxylic acids is 2. The number of anilines is 2. The first kappa shape index (κ1) is 20.3. The second-order valence-electron chi connectivity index (χ2n) is 8.42. The van der Waals surface area contributed by atoms with Gasteiger partial charge in [-0.15, -0.1) is 0 Å². The van der Waals surface area contributed by atoms with Gasteiger partial charge in [-0.1, -0.05) is 39.0 Å². The van der Waals surface area contributed by atoms with Crippen LogP contribution in [0.3, 0.4) is 0 Å². The number of hydrogen-bond donors (Lipinski definition) is 3. The van der Waals surface area contributed by atoms with E-state index in [1.54, 1.807) is 24.3 Å². The van der Waals surface area contributed by atoms with Crippen LogP contribution in [0.1, 0.15) is 31.1 Å². The van der Waals surface area contributed by atoms with Crippen molar-refractivity contribution in [1.29, 1.82) is 0 Å². The monoisotopic (exact) mass is 412 g/mol. The van der Waals surface area contributed by atoms with Crippen LogP contribution >= 0.6 is 0 Å². The van der Waals surface area contributed by atoms with Gasteiger partial charge in [0.25, 0.3) is 5.91 Å². The van der Waals surface area contributed by atoms with Crippen LogP contribution in [0.15, 0.2) is 72.8 Å². The first-order valence-corrected chi connectivity index (χ1v) is 10.1. The molecule has 156 valence electrons. The minimum atomic E-state index is -0.514. The molecule has 0 fully saturated rings. The third kappa shape index (κ3) is 4.64. The lowest BCUT2D eigenvalue weighted by atomic mass is 9.95. The molecule has 0 atom stereocenters. The minimum Gasteiger partial charge on any atom is -0.338 e. The maximum atomic E-state index is 12.7. The van der Waals surface area contributed by atoms with Gasteiger partial charge in [0.1, 0.15) is 5.82 Å². The molecule has 0 aliphatic heterocycles. The zero-order chi connectivity index (χ0) is 22.0. The van der Waals surface area contributed by atoms with Crippen LogP contribution in [0, 0.1) is 5.41 Å². The number of nitrogens with one attached hydrogen (secondary N) is 3. The van der Waals surface area contributed by atoms with Gasteiger partial charge in [-0.2, -0.15) is 0 Å². The molecular weight excluding hydrogens is 388 g/mol. The molecule has 0 saturated heterocycles. The van der Waals surface area contributed by atoms with E-state index in [0.29, 0.717) is 16.9 Å². The molecule has 0 aliphatic carbocycles. The summed E-state index contributed by atoms with van der Waals surface area (Å²) in [6, 6.07) is 22.3. The molecule has 31 heavy (non-hydrogen) atoms. The van der Waals surface area contributed by atoms with Gasteiger partial charge in [0.15, 0.2) is 0 Å². The molecular formula is C25H24N4O2. The molecule has 1 aromatic heterocycles. The number of hydrogen-bond acceptors (Lipinski definition) is 3. The standard InChI is InChI=1S/C25H24N4O2/c1-25(2,3)24(31)27-19-8-6-7-17(15-19)23(30)26-18-13-11-16(12-14-18)22-28-20-9-4-5-10-21(20)29-22/h4-15H,1-3H3,(H,26,30)(H,27,31)(H,28,29). The fourth-order valence-electron chi connectivity index (χ4n) is 3.06. The molecule has 3 N–H and O–H groups in total.